The molecule has 6 aromatic carbocycles. The summed E-state index contributed by atoms with van der Waals surface area (Å²) < 4.78 is 46.4. The van der Waals surface area contributed by atoms with E-state index >= 15 is 0 Å². The Bertz CT molecular complexity index is 2910. The van der Waals surface area contributed by atoms with Crippen molar-refractivity contribution in [3.63, 3.8) is 0 Å². The molecule has 5 heteroatoms. The van der Waals surface area contributed by atoms with E-state index in [0.29, 0.717) is 16.8 Å². The zero-order chi connectivity index (χ0) is 43.3. The van der Waals surface area contributed by atoms with Crippen LogP contribution >= 0.6 is 0 Å². The minimum Gasteiger partial charge on any atom is -0.501 e. The zero-order valence-electron chi connectivity index (χ0n) is 38.1. The number of rotatable bonds is 6. The summed E-state index contributed by atoms with van der Waals surface area (Å²) >= 11 is 0. The first kappa shape index (κ1) is 33.9. The quantitative estimate of drug-likeness (QED) is 0.123. The molecule has 3 heterocycles. The van der Waals surface area contributed by atoms with E-state index < -0.39 is 26.7 Å². The van der Waals surface area contributed by atoms with E-state index in [9.17, 15) is 0 Å². The van der Waals surface area contributed by atoms with Crippen molar-refractivity contribution in [2.24, 2.45) is 10.4 Å². The molecule has 0 saturated carbocycles. The number of fused-ring (bicyclic) bond motifs is 4. The van der Waals surface area contributed by atoms with E-state index in [4.69, 9.17) is 16.3 Å². The van der Waals surface area contributed by atoms with Crippen LogP contribution in [0.1, 0.15) is 61.4 Å². The molecule has 2 aromatic heterocycles. The second kappa shape index (κ2) is 16.3. The van der Waals surface area contributed by atoms with Crippen LogP contribution in [0.3, 0.4) is 0 Å². The van der Waals surface area contributed by atoms with Gasteiger partial charge in [0, 0.05) is 44.5 Å². The first-order valence-corrected chi connectivity index (χ1v) is 22.6. The standard InChI is InChI=1S/C32H20NO.C20H28NSi.Ir/c1-2-11-21(12-3-1)22-13-4-5-15-24(22)30-26-16-6-8-19-28(26)33-31(30)27-18-10-17-25-23-14-7-9-20-29(23)34-32(25)27;1-15-8-10-16(11-9-15)18-12-17(13-20(2,3)4)19(14-21-18)22(5,6)7;/h1-17,19-20,30H;8-10,12,14H,13H2,1-7H3;/q2*-1;/i;1D3,13D2;. The number of pyridine rings is 1. The van der Waals surface area contributed by atoms with Gasteiger partial charge in [0.25, 0.3) is 0 Å². The summed E-state index contributed by atoms with van der Waals surface area (Å²) in [5.74, 6) is -0.0114. The molecule has 1 aliphatic heterocycles. The minimum atomic E-state index is -2.17. The van der Waals surface area contributed by atoms with Gasteiger partial charge in [0.05, 0.1) is 19.3 Å². The maximum atomic E-state index is 8.79. The van der Waals surface area contributed by atoms with E-state index in [0.717, 1.165) is 44.1 Å². The average Bonchev–Trinajstić information content (AvgIpc) is 3.82. The number of aryl methyl sites for hydroxylation is 1. The molecule has 0 amide bonds. The van der Waals surface area contributed by atoms with Gasteiger partial charge in [0.1, 0.15) is 5.58 Å². The first-order chi connectivity index (χ1) is 28.9. The Morgan fingerprint density at radius 1 is 0.789 bits per heavy atom. The van der Waals surface area contributed by atoms with Crippen LogP contribution in [0, 0.1) is 24.4 Å². The molecule has 57 heavy (non-hydrogen) atoms. The van der Waals surface area contributed by atoms with Gasteiger partial charge in [-0.05, 0) is 62.8 Å². The largest absolute Gasteiger partial charge is 0.501 e. The topological polar surface area (TPSA) is 38.4 Å². The Balaban J connectivity index is 0.000000189. The molecule has 1 radical (unpaired) electrons. The van der Waals surface area contributed by atoms with Crippen molar-refractivity contribution in [3.05, 3.63) is 186 Å². The van der Waals surface area contributed by atoms with E-state index in [1.54, 1.807) is 18.3 Å². The third-order valence-electron chi connectivity index (χ3n) is 10.0. The fourth-order valence-electron chi connectivity index (χ4n) is 7.49. The van der Waals surface area contributed by atoms with Crippen LogP contribution in [-0.4, -0.2) is 18.8 Å². The monoisotopic (exact) mass is 942 g/mol. The predicted molar refractivity (Wildman–Crippen MR) is 238 cm³/mol. The van der Waals surface area contributed by atoms with Gasteiger partial charge in [-0.25, -0.2) is 0 Å². The van der Waals surface area contributed by atoms with Gasteiger partial charge in [-0.2, -0.15) is 0 Å². The minimum absolute atomic E-state index is 0. The van der Waals surface area contributed by atoms with Gasteiger partial charge in [-0.1, -0.05) is 161 Å². The Morgan fingerprint density at radius 3 is 2.25 bits per heavy atom. The van der Waals surface area contributed by atoms with E-state index in [-0.39, 0.29) is 31.6 Å². The van der Waals surface area contributed by atoms with Gasteiger partial charge < -0.3 is 9.40 Å². The molecule has 1 unspecified atom stereocenters. The smallest absolute Gasteiger partial charge is 0.120 e. The van der Waals surface area contributed by atoms with Crippen molar-refractivity contribution in [1.29, 1.82) is 0 Å². The van der Waals surface area contributed by atoms with E-state index in [2.05, 4.69) is 134 Å². The summed E-state index contributed by atoms with van der Waals surface area (Å²) in [7, 11) is -1.81. The number of benzene rings is 6. The van der Waals surface area contributed by atoms with Gasteiger partial charge >= 0.3 is 0 Å². The van der Waals surface area contributed by atoms with Gasteiger partial charge in [0.15, 0.2) is 0 Å². The SMILES string of the molecule is [2H]C([2H])([2H])c1c[c-]c(-c2cc(C([2H])([2H])C(C)(C)C)c([Si](C)(C)C)cn2)cc1.[Ir].[c-]1ccc2c(oc3ccccc32)c1C1=Nc2ccccc2C1c1ccccc1-c1ccccc1. The summed E-state index contributed by atoms with van der Waals surface area (Å²) in [6.45, 7) is 10.1. The molecule has 0 N–H and O–H groups in total. The van der Waals surface area contributed by atoms with Crippen LogP contribution in [0.2, 0.25) is 19.6 Å². The Labute approximate surface area is 359 Å². The number of nitrogens with zero attached hydrogens (tertiary/aromatic N) is 2. The van der Waals surface area contributed by atoms with Gasteiger partial charge in [-0.15, -0.1) is 53.6 Å². The van der Waals surface area contributed by atoms with Crippen molar-refractivity contribution in [1.82, 2.24) is 4.98 Å². The zero-order valence-corrected chi connectivity index (χ0v) is 36.5. The van der Waals surface area contributed by atoms with Crippen LogP contribution in [-0.2, 0) is 26.5 Å². The van der Waals surface area contributed by atoms with Crippen LogP contribution in [0.5, 0.6) is 0 Å². The maximum Gasteiger partial charge on any atom is 0.120 e. The van der Waals surface area contributed by atoms with Crippen LogP contribution < -0.4 is 5.19 Å². The van der Waals surface area contributed by atoms with Crippen molar-refractivity contribution < 1.29 is 31.4 Å². The van der Waals surface area contributed by atoms with Gasteiger partial charge in [0.2, 0.25) is 0 Å². The van der Waals surface area contributed by atoms with Crippen LogP contribution in [0.15, 0.2) is 155 Å². The Kier molecular flexibility index (Phi) is 9.72. The first-order valence-electron chi connectivity index (χ1n) is 21.6. The Hall–Kier alpha value is -5.19. The number of hydrogen-bond acceptors (Lipinski definition) is 3. The number of hydrogen-bond donors (Lipinski definition) is 0. The molecule has 0 saturated heterocycles. The molecule has 8 aromatic rings. The third-order valence-corrected chi connectivity index (χ3v) is 12.0. The molecule has 0 bridgehead atoms. The van der Waals surface area contributed by atoms with Crippen molar-refractivity contribution in [2.45, 2.75) is 59.6 Å². The van der Waals surface area contributed by atoms with Crippen molar-refractivity contribution in [2.75, 3.05) is 0 Å². The second-order valence-corrected chi connectivity index (χ2v) is 21.4. The molecule has 1 atom stereocenters. The number of aliphatic imine (C=N–C) groups is 1. The second-order valence-electron chi connectivity index (χ2n) is 16.4. The summed E-state index contributed by atoms with van der Waals surface area (Å²) in [5, 5.41) is 3.22. The van der Waals surface area contributed by atoms with Crippen LogP contribution in [0.25, 0.3) is 44.3 Å². The predicted octanol–water partition coefficient (Wildman–Crippen LogP) is 13.3. The number of furan rings is 1. The molecule has 0 fully saturated rings. The summed E-state index contributed by atoms with van der Waals surface area (Å²) in [6, 6.07) is 53.0. The molecule has 1 aliphatic rings. The molecule has 0 spiro atoms. The summed E-state index contributed by atoms with van der Waals surface area (Å²) in [6.07, 6.45) is 0.269. The average molecular weight is 942 g/mol. The van der Waals surface area contributed by atoms with E-state index in [1.165, 1.54) is 28.3 Å². The molecule has 0 aliphatic carbocycles. The van der Waals surface area contributed by atoms with Crippen molar-refractivity contribution >= 4 is 46.6 Å². The molecule has 3 nitrogen and oxygen atoms in total. The third kappa shape index (κ3) is 8.43. The summed E-state index contributed by atoms with van der Waals surface area (Å²) in [4.78, 5) is 9.72. The molecule has 287 valence electrons. The van der Waals surface area contributed by atoms with Crippen molar-refractivity contribution in [3.8, 4) is 22.4 Å². The summed E-state index contributed by atoms with van der Waals surface area (Å²) in [5.41, 5.74) is 11.1. The van der Waals surface area contributed by atoms with E-state index in [1.807, 2.05) is 45.0 Å². The maximum absolute atomic E-state index is 8.79. The molecule has 9 rings (SSSR count). The molecular weight excluding hydrogens is 889 g/mol. The van der Waals surface area contributed by atoms with Crippen LogP contribution in [0.4, 0.5) is 5.69 Å². The molecular formula is C52H48IrN2OSi-2. The van der Waals surface area contributed by atoms with Gasteiger partial charge in [-0.3, -0.25) is 4.99 Å². The fourth-order valence-corrected chi connectivity index (χ4v) is 8.89. The Morgan fingerprint density at radius 2 is 1.51 bits per heavy atom. The fraction of sp³-hybridized carbons (Fsp3) is 0.192. The number of aromatic nitrogens is 1. The normalized spacial score (nSPS) is 15.5. The number of para-hydroxylation sites is 2.